The number of ether oxygens (including phenoxy) is 4. The summed E-state index contributed by atoms with van der Waals surface area (Å²) in [5.74, 6) is -0.642. The van der Waals surface area contributed by atoms with Gasteiger partial charge < -0.3 is 33.8 Å². The van der Waals surface area contributed by atoms with Crippen LogP contribution in [0.2, 0.25) is 0 Å². The molecule has 0 aliphatic heterocycles. The van der Waals surface area contributed by atoms with Gasteiger partial charge in [-0.3, -0.25) is 37.3 Å². The highest BCUT2D eigenvalue weighted by molar-refractivity contribution is 7.47. The summed E-state index contributed by atoms with van der Waals surface area (Å²) in [7, 11) is -9.91. The summed E-state index contributed by atoms with van der Waals surface area (Å²) in [5.41, 5.74) is 0. The molecule has 0 radical (unpaired) electrons. The summed E-state index contributed by atoms with van der Waals surface area (Å²) in [4.78, 5) is 72.9. The maximum Gasteiger partial charge on any atom is 0.472 e. The van der Waals surface area contributed by atoms with Crippen LogP contribution in [0.4, 0.5) is 0 Å². The van der Waals surface area contributed by atoms with Crippen LogP contribution in [0.5, 0.6) is 0 Å². The van der Waals surface area contributed by atoms with Crippen LogP contribution in [0.1, 0.15) is 414 Å². The zero-order valence-corrected chi connectivity index (χ0v) is 65.9. The smallest absolute Gasteiger partial charge is 0.462 e. The topological polar surface area (TPSA) is 237 Å². The van der Waals surface area contributed by atoms with Gasteiger partial charge in [0.25, 0.3) is 0 Å². The van der Waals surface area contributed by atoms with Gasteiger partial charge in [-0.05, 0) is 37.5 Å². The average Bonchev–Trinajstić information content (AvgIpc) is 2.61. The van der Waals surface area contributed by atoms with Crippen LogP contribution in [0.15, 0.2) is 0 Å². The Kier molecular flexibility index (Phi) is 69.3. The van der Waals surface area contributed by atoms with Crippen LogP contribution in [0.3, 0.4) is 0 Å². The second-order valence-electron chi connectivity index (χ2n) is 29.4. The molecule has 2 unspecified atom stereocenters. The van der Waals surface area contributed by atoms with Gasteiger partial charge in [0.2, 0.25) is 0 Å². The fraction of sp³-hybridized carbons (Fsp3) is 0.949. The molecule has 17 nitrogen and oxygen atoms in total. The van der Waals surface area contributed by atoms with E-state index in [-0.39, 0.29) is 25.7 Å². The molecule has 0 saturated carbocycles. The average molecular weight is 1440 g/mol. The van der Waals surface area contributed by atoms with Crippen LogP contribution < -0.4 is 0 Å². The molecule has 98 heavy (non-hydrogen) atoms. The normalized spacial score (nSPS) is 13.9. The number of aliphatic hydroxyl groups excluding tert-OH is 1. The number of rotatable bonds is 78. The van der Waals surface area contributed by atoms with Crippen molar-refractivity contribution in [3.63, 3.8) is 0 Å². The first-order chi connectivity index (χ1) is 47.4. The van der Waals surface area contributed by atoms with Crippen molar-refractivity contribution in [3.8, 4) is 0 Å². The third kappa shape index (κ3) is 72.4. The van der Waals surface area contributed by atoms with E-state index in [0.29, 0.717) is 31.6 Å². The Hall–Kier alpha value is -1.94. The van der Waals surface area contributed by atoms with E-state index in [9.17, 15) is 43.2 Å². The van der Waals surface area contributed by atoms with E-state index < -0.39 is 97.5 Å². The predicted molar refractivity (Wildman–Crippen MR) is 400 cm³/mol. The SMILES string of the molecule is CCCCCCCCCCCCCCCCCCCCCCC(=O)O[C@H](COC(=O)CCCCCCCCCCCCCCCC(C)C)COP(=O)(O)OC[C@@H](O)COP(=O)(O)OC[C@@H](COC(=O)CCCCCCCCC(C)C)OC(=O)CCCCCCCCCCCCCCC. The Morgan fingerprint density at radius 3 is 0.694 bits per heavy atom. The van der Waals surface area contributed by atoms with Crippen molar-refractivity contribution in [3.05, 3.63) is 0 Å². The number of carbonyl (C=O) groups excluding carboxylic acids is 4. The maximum atomic E-state index is 13.1. The third-order valence-corrected chi connectivity index (χ3v) is 20.4. The molecular formula is C79H154O17P2. The van der Waals surface area contributed by atoms with Crippen molar-refractivity contribution < 1.29 is 80.2 Å². The minimum Gasteiger partial charge on any atom is -0.462 e. The lowest BCUT2D eigenvalue weighted by Gasteiger charge is -2.21. The summed E-state index contributed by atoms with van der Waals surface area (Å²) in [6, 6.07) is 0. The van der Waals surface area contributed by atoms with Crippen molar-refractivity contribution in [1.29, 1.82) is 0 Å². The highest BCUT2D eigenvalue weighted by atomic mass is 31.2. The molecule has 0 amide bonds. The highest BCUT2D eigenvalue weighted by Crippen LogP contribution is 2.45. The Morgan fingerprint density at radius 2 is 0.469 bits per heavy atom. The van der Waals surface area contributed by atoms with E-state index in [1.807, 2.05) is 0 Å². The van der Waals surface area contributed by atoms with E-state index in [1.165, 1.54) is 225 Å². The Morgan fingerprint density at radius 1 is 0.276 bits per heavy atom. The molecular weight excluding hydrogens is 1280 g/mol. The maximum absolute atomic E-state index is 13.1. The molecule has 0 aliphatic carbocycles. The van der Waals surface area contributed by atoms with E-state index in [0.717, 1.165) is 102 Å². The quantitative estimate of drug-likeness (QED) is 0.0222. The first-order valence-corrected chi connectivity index (χ1v) is 44.0. The monoisotopic (exact) mass is 1440 g/mol. The second-order valence-corrected chi connectivity index (χ2v) is 32.3. The lowest BCUT2D eigenvalue weighted by molar-refractivity contribution is -0.161. The lowest BCUT2D eigenvalue weighted by atomic mass is 10.0. The van der Waals surface area contributed by atoms with Crippen LogP contribution >= 0.6 is 15.6 Å². The second kappa shape index (κ2) is 70.7. The molecule has 0 aliphatic rings. The first kappa shape index (κ1) is 96.1. The number of hydrogen-bond acceptors (Lipinski definition) is 15. The largest absolute Gasteiger partial charge is 0.472 e. The molecule has 0 saturated heterocycles. The molecule has 5 atom stereocenters. The molecule has 0 spiro atoms. The summed E-state index contributed by atoms with van der Waals surface area (Å²) < 4.78 is 68.6. The van der Waals surface area contributed by atoms with Crippen molar-refractivity contribution >= 4 is 39.5 Å². The number of esters is 4. The van der Waals surface area contributed by atoms with E-state index >= 15 is 0 Å². The number of carbonyl (C=O) groups is 4. The molecule has 0 aromatic heterocycles. The zero-order valence-electron chi connectivity index (χ0n) is 64.1. The van der Waals surface area contributed by atoms with Gasteiger partial charge in [-0.25, -0.2) is 9.13 Å². The molecule has 0 bridgehead atoms. The Bertz CT molecular complexity index is 1890. The third-order valence-electron chi connectivity index (χ3n) is 18.5. The van der Waals surface area contributed by atoms with Crippen LogP contribution in [-0.2, 0) is 65.4 Å². The van der Waals surface area contributed by atoms with Gasteiger partial charge in [0.05, 0.1) is 26.4 Å². The summed E-state index contributed by atoms with van der Waals surface area (Å²) in [5, 5.41) is 10.6. The van der Waals surface area contributed by atoms with E-state index in [4.69, 9.17) is 37.0 Å². The molecule has 0 fully saturated rings. The molecule has 0 rings (SSSR count). The fourth-order valence-electron chi connectivity index (χ4n) is 12.2. The minimum absolute atomic E-state index is 0.107. The van der Waals surface area contributed by atoms with Crippen molar-refractivity contribution in [2.45, 2.75) is 432 Å². The highest BCUT2D eigenvalue weighted by Gasteiger charge is 2.30. The molecule has 0 aromatic carbocycles. The summed E-state index contributed by atoms with van der Waals surface area (Å²) in [6.07, 6.45) is 59.8. The zero-order chi connectivity index (χ0) is 72.1. The van der Waals surface area contributed by atoms with E-state index in [1.54, 1.807) is 0 Å². The fourth-order valence-corrected chi connectivity index (χ4v) is 13.8. The molecule has 3 N–H and O–H groups in total. The van der Waals surface area contributed by atoms with Gasteiger partial charge in [-0.15, -0.1) is 0 Å². The molecule has 0 heterocycles. The minimum atomic E-state index is -4.96. The van der Waals surface area contributed by atoms with Crippen LogP contribution in [0, 0.1) is 11.8 Å². The number of aliphatic hydroxyl groups is 1. The van der Waals surface area contributed by atoms with Gasteiger partial charge in [-0.1, -0.05) is 363 Å². The molecule has 0 aromatic rings. The molecule has 19 heteroatoms. The first-order valence-electron chi connectivity index (χ1n) is 41.0. The number of unbranched alkanes of at least 4 members (excludes halogenated alkanes) is 48. The van der Waals surface area contributed by atoms with Gasteiger partial charge in [0.15, 0.2) is 12.2 Å². The van der Waals surface area contributed by atoms with Crippen molar-refractivity contribution in [2.24, 2.45) is 11.8 Å². The predicted octanol–water partition coefficient (Wildman–Crippen LogP) is 23.5. The lowest BCUT2D eigenvalue weighted by Crippen LogP contribution is -2.30. The van der Waals surface area contributed by atoms with Gasteiger partial charge in [0.1, 0.15) is 19.3 Å². The van der Waals surface area contributed by atoms with Gasteiger partial charge in [-0.2, -0.15) is 0 Å². The Labute approximate surface area is 600 Å². The van der Waals surface area contributed by atoms with Gasteiger partial charge in [0, 0.05) is 25.7 Å². The molecule has 582 valence electrons. The van der Waals surface area contributed by atoms with Gasteiger partial charge >= 0.3 is 39.5 Å². The summed E-state index contributed by atoms with van der Waals surface area (Å²) in [6.45, 7) is 9.56. The Balaban J connectivity index is 5.21. The van der Waals surface area contributed by atoms with Crippen LogP contribution in [-0.4, -0.2) is 96.7 Å². The van der Waals surface area contributed by atoms with Crippen molar-refractivity contribution in [1.82, 2.24) is 0 Å². The standard InChI is InChI=1S/C79H154O17P2/c1-7-9-11-13-15-17-19-21-22-23-24-25-26-27-31-36-40-44-52-58-64-78(83)95-74(67-89-76(81)61-55-49-42-38-34-32-28-30-33-37-41-47-53-59-71(3)4)69-93-97(85,86)91-65-73(80)66-92-98(87,88)94-70-75(68-90-77(82)62-56-50-46-45-48-54-60-72(5)6)96-79(84)63-57-51-43-39-35-29-20-18-16-14-12-10-8-2/h71-75,80H,7-70H2,1-6H3,(H,85,86)(H,87,88)/t73-,74-,75-/m1/s1. The number of phosphoric ester groups is 2. The van der Waals surface area contributed by atoms with E-state index in [2.05, 4.69) is 41.5 Å². The summed E-state index contributed by atoms with van der Waals surface area (Å²) >= 11 is 0. The van der Waals surface area contributed by atoms with Crippen molar-refractivity contribution in [2.75, 3.05) is 39.6 Å². The number of hydrogen-bond donors (Lipinski definition) is 3. The van der Waals surface area contributed by atoms with Crippen LogP contribution in [0.25, 0.3) is 0 Å². The number of phosphoric acid groups is 2.